The zero-order valence-electron chi connectivity index (χ0n) is 17.4. The lowest BCUT2D eigenvalue weighted by Crippen LogP contribution is -2.34. The van der Waals surface area contributed by atoms with Crippen LogP contribution in [0.25, 0.3) is 0 Å². The summed E-state index contributed by atoms with van der Waals surface area (Å²) in [4.78, 5) is 24.1. The summed E-state index contributed by atoms with van der Waals surface area (Å²) in [5.74, 6) is 0.837. The zero-order valence-corrected chi connectivity index (χ0v) is 17.4. The minimum atomic E-state index is -0.449. The first-order chi connectivity index (χ1) is 14.6. The highest BCUT2D eigenvalue weighted by Gasteiger charge is 2.11. The predicted octanol–water partition coefficient (Wildman–Crippen LogP) is 2.76. The molecule has 0 unspecified atom stereocenters. The molecule has 8 heteroatoms. The Balaban J connectivity index is 1.82. The Morgan fingerprint density at radius 3 is 2.60 bits per heavy atom. The molecule has 160 valence electrons. The summed E-state index contributed by atoms with van der Waals surface area (Å²) < 4.78 is 15.9. The first kappa shape index (κ1) is 22.7. The first-order valence-corrected chi connectivity index (χ1v) is 9.62. The topological polar surface area (TPSA) is 98.2 Å². The van der Waals surface area contributed by atoms with E-state index in [1.807, 2.05) is 24.3 Å². The molecule has 30 heavy (non-hydrogen) atoms. The van der Waals surface area contributed by atoms with E-state index in [1.54, 1.807) is 18.2 Å². The van der Waals surface area contributed by atoms with Crippen LogP contribution in [0.4, 0.5) is 0 Å². The molecular weight excluding hydrogens is 386 g/mol. The summed E-state index contributed by atoms with van der Waals surface area (Å²) >= 11 is 0. The van der Waals surface area contributed by atoms with Crippen molar-refractivity contribution in [2.24, 2.45) is 5.10 Å². The normalized spacial score (nSPS) is 10.5. The fourth-order valence-corrected chi connectivity index (χ4v) is 2.48. The Bertz CT molecular complexity index is 883. The number of hydrogen-bond acceptors (Lipinski definition) is 6. The maximum Gasteiger partial charge on any atom is 0.259 e. The second-order valence-corrected chi connectivity index (χ2v) is 6.32. The zero-order chi connectivity index (χ0) is 21.8. The minimum Gasteiger partial charge on any atom is -0.494 e. The first-order valence-electron chi connectivity index (χ1n) is 9.62. The number of methoxy groups -OCH3 is 2. The van der Waals surface area contributed by atoms with Gasteiger partial charge in [-0.25, -0.2) is 5.43 Å². The number of benzene rings is 2. The van der Waals surface area contributed by atoms with Crippen molar-refractivity contribution < 1.29 is 23.8 Å². The van der Waals surface area contributed by atoms with Gasteiger partial charge in [0.1, 0.15) is 5.75 Å². The Morgan fingerprint density at radius 1 is 1.07 bits per heavy atom. The van der Waals surface area contributed by atoms with Crippen LogP contribution in [0.3, 0.4) is 0 Å². The van der Waals surface area contributed by atoms with Gasteiger partial charge in [-0.15, -0.1) is 0 Å². The second-order valence-electron chi connectivity index (χ2n) is 6.32. The third-order valence-electron chi connectivity index (χ3n) is 4.08. The minimum absolute atomic E-state index is 0.218. The summed E-state index contributed by atoms with van der Waals surface area (Å²) in [6.07, 6.45) is 3.57. The van der Waals surface area contributed by atoms with Crippen molar-refractivity contribution in [3.8, 4) is 17.2 Å². The molecule has 0 heterocycles. The average molecular weight is 413 g/mol. The number of unbranched alkanes of at least 4 members (excludes halogenated alkanes) is 1. The number of nitrogens with zero attached hydrogens (tertiary/aromatic N) is 1. The van der Waals surface area contributed by atoms with Gasteiger partial charge in [-0.2, -0.15) is 5.10 Å². The predicted molar refractivity (Wildman–Crippen MR) is 114 cm³/mol. The van der Waals surface area contributed by atoms with Crippen molar-refractivity contribution >= 4 is 18.0 Å². The number of carbonyl (C=O) groups is 2. The maximum atomic E-state index is 12.2. The van der Waals surface area contributed by atoms with Gasteiger partial charge < -0.3 is 19.5 Å². The van der Waals surface area contributed by atoms with Crippen molar-refractivity contribution in [3.63, 3.8) is 0 Å². The van der Waals surface area contributed by atoms with Crippen LogP contribution in [0.5, 0.6) is 17.2 Å². The smallest absolute Gasteiger partial charge is 0.259 e. The van der Waals surface area contributed by atoms with Crippen molar-refractivity contribution in [1.29, 1.82) is 0 Å². The lowest BCUT2D eigenvalue weighted by atomic mass is 10.2. The molecule has 0 radical (unpaired) electrons. The molecule has 2 N–H and O–H groups in total. The standard InChI is InChI=1S/C22H27N3O5/c1-4-5-11-30-18-8-6-7-16(12-18)14-24-25-21(26)15-23-22(27)17-9-10-19(28-2)20(13-17)29-3/h6-10,12-14H,4-5,11,15H2,1-3H3,(H,23,27)(H,25,26)/b24-14+. The van der Waals surface area contributed by atoms with Gasteiger partial charge in [0, 0.05) is 5.56 Å². The van der Waals surface area contributed by atoms with Crippen LogP contribution >= 0.6 is 0 Å². The van der Waals surface area contributed by atoms with Crippen molar-refractivity contribution in [2.75, 3.05) is 27.4 Å². The monoisotopic (exact) mass is 413 g/mol. The third-order valence-corrected chi connectivity index (χ3v) is 4.08. The van der Waals surface area contributed by atoms with Gasteiger partial charge in [-0.1, -0.05) is 25.5 Å². The fourth-order valence-electron chi connectivity index (χ4n) is 2.48. The van der Waals surface area contributed by atoms with Crippen molar-refractivity contribution in [1.82, 2.24) is 10.7 Å². The van der Waals surface area contributed by atoms with E-state index in [2.05, 4.69) is 22.8 Å². The molecule has 2 rings (SSSR count). The second kappa shape index (κ2) is 12.1. The summed E-state index contributed by atoms with van der Waals surface area (Å²) in [6, 6.07) is 12.2. The van der Waals surface area contributed by atoms with Crippen LogP contribution in [0.2, 0.25) is 0 Å². The van der Waals surface area contributed by atoms with Crippen LogP contribution in [0, 0.1) is 0 Å². The number of rotatable bonds is 11. The number of ether oxygens (including phenoxy) is 3. The Kier molecular flexibility index (Phi) is 9.18. The summed E-state index contributed by atoms with van der Waals surface area (Å²) in [5.41, 5.74) is 3.52. The highest BCUT2D eigenvalue weighted by Crippen LogP contribution is 2.27. The van der Waals surface area contributed by atoms with Gasteiger partial charge in [0.05, 0.1) is 33.6 Å². The van der Waals surface area contributed by atoms with Crippen LogP contribution in [-0.2, 0) is 4.79 Å². The lowest BCUT2D eigenvalue weighted by Gasteiger charge is -2.09. The molecule has 0 aromatic heterocycles. The van der Waals surface area contributed by atoms with Crippen LogP contribution < -0.4 is 25.0 Å². The highest BCUT2D eigenvalue weighted by molar-refractivity contribution is 5.97. The Morgan fingerprint density at radius 2 is 1.87 bits per heavy atom. The number of hydrazone groups is 1. The third kappa shape index (κ3) is 7.12. The molecule has 0 atom stereocenters. The van der Waals surface area contributed by atoms with E-state index in [1.165, 1.54) is 20.4 Å². The Hall–Kier alpha value is -3.55. The molecule has 0 saturated heterocycles. The molecule has 0 spiro atoms. The largest absolute Gasteiger partial charge is 0.494 e. The van der Waals surface area contributed by atoms with E-state index in [9.17, 15) is 9.59 Å². The van der Waals surface area contributed by atoms with Gasteiger partial charge in [0.15, 0.2) is 11.5 Å². The molecule has 2 amide bonds. The quantitative estimate of drug-likeness (QED) is 0.335. The van der Waals surface area contributed by atoms with Gasteiger partial charge in [0.25, 0.3) is 11.8 Å². The average Bonchev–Trinajstić information content (AvgIpc) is 2.77. The van der Waals surface area contributed by atoms with Gasteiger partial charge in [0.2, 0.25) is 0 Å². The molecule has 2 aromatic carbocycles. The molecular formula is C22H27N3O5. The number of hydrogen-bond donors (Lipinski definition) is 2. The van der Waals surface area contributed by atoms with E-state index >= 15 is 0 Å². The number of carbonyl (C=O) groups excluding carboxylic acids is 2. The molecule has 0 saturated carbocycles. The number of amides is 2. The van der Waals surface area contributed by atoms with E-state index in [4.69, 9.17) is 14.2 Å². The van der Waals surface area contributed by atoms with E-state index < -0.39 is 11.8 Å². The van der Waals surface area contributed by atoms with Crippen molar-refractivity contribution in [3.05, 3.63) is 53.6 Å². The van der Waals surface area contributed by atoms with E-state index in [0.29, 0.717) is 23.7 Å². The van der Waals surface area contributed by atoms with Crippen LogP contribution in [0.15, 0.2) is 47.6 Å². The molecule has 0 aliphatic rings. The highest BCUT2D eigenvalue weighted by atomic mass is 16.5. The lowest BCUT2D eigenvalue weighted by molar-refractivity contribution is -0.120. The maximum absolute atomic E-state index is 12.2. The molecule has 2 aromatic rings. The van der Waals surface area contributed by atoms with Crippen LogP contribution in [-0.4, -0.2) is 45.4 Å². The number of nitrogens with one attached hydrogen (secondary N) is 2. The van der Waals surface area contributed by atoms with Gasteiger partial charge in [-0.05, 0) is 42.3 Å². The van der Waals surface area contributed by atoms with Crippen molar-refractivity contribution in [2.45, 2.75) is 19.8 Å². The molecule has 0 bridgehead atoms. The Labute approximate surface area is 176 Å². The molecule has 0 fully saturated rings. The summed E-state index contributed by atoms with van der Waals surface area (Å²) in [7, 11) is 3.00. The molecule has 0 aliphatic carbocycles. The van der Waals surface area contributed by atoms with Crippen LogP contribution in [0.1, 0.15) is 35.7 Å². The molecule has 8 nitrogen and oxygen atoms in total. The SMILES string of the molecule is CCCCOc1cccc(/C=N/NC(=O)CNC(=O)c2ccc(OC)c(OC)c2)c1. The van der Waals surface area contributed by atoms with E-state index in [0.717, 1.165) is 24.2 Å². The van der Waals surface area contributed by atoms with Gasteiger partial charge in [-0.3, -0.25) is 9.59 Å². The van der Waals surface area contributed by atoms with E-state index in [-0.39, 0.29) is 6.54 Å². The summed E-state index contributed by atoms with van der Waals surface area (Å²) in [6.45, 7) is 2.55. The fraction of sp³-hybridized carbons (Fsp3) is 0.318. The van der Waals surface area contributed by atoms with Gasteiger partial charge >= 0.3 is 0 Å². The summed E-state index contributed by atoms with van der Waals surface area (Å²) in [5, 5.41) is 6.44. The molecule has 0 aliphatic heterocycles.